The van der Waals surface area contributed by atoms with Crippen LogP contribution in [0.2, 0.25) is 0 Å². The summed E-state index contributed by atoms with van der Waals surface area (Å²) in [5, 5.41) is 20.7. The van der Waals surface area contributed by atoms with E-state index in [0.29, 0.717) is 42.2 Å². The molecule has 4 rings (SSSR count). The maximum Gasteiger partial charge on any atom is 0.411 e. The van der Waals surface area contributed by atoms with E-state index in [9.17, 15) is 24.3 Å². The second-order valence-corrected chi connectivity index (χ2v) is 11.7. The van der Waals surface area contributed by atoms with Gasteiger partial charge in [0.25, 0.3) is 0 Å². The molecule has 51 heavy (non-hydrogen) atoms. The predicted octanol–water partition coefficient (Wildman–Crippen LogP) is 7.55. The smallest absolute Gasteiger partial charge is 0.411 e. The summed E-state index contributed by atoms with van der Waals surface area (Å²) in [7, 11) is 0. The molecule has 0 spiro atoms. The SMILES string of the molecule is CCOC(=O)Nc1ccc(Cc2ccc(NC(=O)OCC(O)COC(=O)Nc3ccc(Cc4ccc(NC(=O)OC(C)C)cc4)cc3)cc2)cc1. The summed E-state index contributed by atoms with van der Waals surface area (Å²) in [6.45, 7) is 4.82. The number of benzene rings is 4. The highest BCUT2D eigenvalue weighted by Gasteiger charge is 2.13. The molecule has 13 nitrogen and oxygen atoms in total. The molecule has 0 radical (unpaired) electrons. The predicted molar refractivity (Wildman–Crippen MR) is 193 cm³/mol. The first-order chi connectivity index (χ1) is 24.5. The van der Waals surface area contributed by atoms with Gasteiger partial charge >= 0.3 is 24.4 Å². The molecule has 0 aliphatic carbocycles. The molecule has 0 aliphatic heterocycles. The summed E-state index contributed by atoms with van der Waals surface area (Å²) in [6, 6.07) is 29.2. The van der Waals surface area contributed by atoms with Crippen LogP contribution in [0.25, 0.3) is 0 Å². The van der Waals surface area contributed by atoms with Crippen LogP contribution in [0.4, 0.5) is 41.9 Å². The Bertz CT molecular complexity index is 1730. The van der Waals surface area contributed by atoms with E-state index in [4.69, 9.17) is 18.9 Å². The van der Waals surface area contributed by atoms with Gasteiger partial charge in [-0.2, -0.15) is 0 Å². The molecule has 268 valence electrons. The topological polar surface area (TPSA) is 174 Å². The Hall–Kier alpha value is -6.08. The van der Waals surface area contributed by atoms with Gasteiger partial charge in [0.05, 0.1) is 12.7 Å². The molecule has 0 fully saturated rings. The lowest BCUT2D eigenvalue weighted by Gasteiger charge is -2.13. The highest BCUT2D eigenvalue weighted by molar-refractivity contribution is 5.86. The van der Waals surface area contributed by atoms with Crippen molar-refractivity contribution in [2.24, 2.45) is 0 Å². The van der Waals surface area contributed by atoms with Gasteiger partial charge in [-0.3, -0.25) is 21.3 Å². The molecular formula is C38H42N4O9. The Morgan fingerprint density at radius 1 is 0.510 bits per heavy atom. The zero-order chi connectivity index (χ0) is 36.6. The van der Waals surface area contributed by atoms with E-state index in [1.54, 1.807) is 69.3 Å². The number of hydrogen-bond acceptors (Lipinski definition) is 9. The lowest BCUT2D eigenvalue weighted by atomic mass is 10.0. The van der Waals surface area contributed by atoms with Gasteiger partial charge in [-0.15, -0.1) is 0 Å². The molecule has 0 saturated heterocycles. The number of aliphatic hydroxyl groups is 1. The maximum absolute atomic E-state index is 12.2. The van der Waals surface area contributed by atoms with E-state index in [2.05, 4.69) is 21.3 Å². The second-order valence-electron chi connectivity index (χ2n) is 11.7. The van der Waals surface area contributed by atoms with Crippen LogP contribution in [0.15, 0.2) is 97.1 Å². The molecule has 1 atom stereocenters. The van der Waals surface area contributed by atoms with Gasteiger partial charge in [-0.05, 0) is 104 Å². The summed E-state index contributed by atoms with van der Waals surface area (Å²) < 4.78 is 20.1. The third kappa shape index (κ3) is 13.8. The van der Waals surface area contributed by atoms with Crippen molar-refractivity contribution >= 4 is 47.1 Å². The zero-order valence-electron chi connectivity index (χ0n) is 28.6. The van der Waals surface area contributed by atoms with E-state index < -0.39 is 30.5 Å². The van der Waals surface area contributed by atoms with Crippen LogP contribution in [0, 0.1) is 0 Å². The molecule has 4 aromatic carbocycles. The first-order valence-corrected chi connectivity index (χ1v) is 16.4. The van der Waals surface area contributed by atoms with Crippen LogP contribution >= 0.6 is 0 Å². The fourth-order valence-electron chi connectivity index (χ4n) is 4.64. The maximum atomic E-state index is 12.2. The Morgan fingerprint density at radius 2 is 0.804 bits per heavy atom. The quantitative estimate of drug-likeness (QED) is 0.0833. The van der Waals surface area contributed by atoms with Gasteiger partial charge in [0, 0.05) is 22.7 Å². The molecule has 0 saturated carbocycles. The molecule has 0 bridgehead atoms. The summed E-state index contributed by atoms with van der Waals surface area (Å²) in [5.41, 5.74) is 6.35. The summed E-state index contributed by atoms with van der Waals surface area (Å²) >= 11 is 0. The molecule has 0 heterocycles. The van der Waals surface area contributed by atoms with Crippen LogP contribution in [0.3, 0.4) is 0 Å². The summed E-state index contributed by atoms with van der Waals surface area (Å²) in [4.78, 5) is 47.8. The zero-order valence-corrected chi connectivity index (χ0v) is 28.6. The number of anilines is 4. The van der Waals surface area contributed by atoms with Crippen molar-refractivity contribution in [1.82, 2.24) is 0 Å². The van der Waals surface area contributed by atoms with Gasteiger partial charge in [-0.25, -0.2) is 19.2 Å². The van der Waals surface area contributed by atoms with Crippen molar-refractivity contribution in [2.45, 2.75) is 45.8 Å². The number of amides is 4. The van der Waals surface area contributed by atoms with Crippen LogP contribution in [0.5, 0.6) is 0 Å². The first kappa shape index (κ1) is 37.7. The number of carbonyl (C=O) groups excluding carboxylic acids is 4. The van der Waals surface area contributed by atoms with E-state index in [1.807, 2.05) is 48.5 Å². The third-order valence-electron chi connectivity index (χ3n) is 7.05. The van der Waals surface area contributed by atoms with E-state index in [1.165, 1.54) is 0 Å². The number of aliphatic hydroxyl groups excluding tert-OH is 1. The van der Waals surface area contributed by atoms with Gasteiger partial charge in [-0.1, -0.05) is 48.5 Å². The molecule has 4 amide bonds. The Labute approximate surface area is 296 Å². The lowest BCUT2D eigenvalue weighted by Crippen LogP contribution is -2.28. The molecular weight excluding hydrogens is 656 g/mol. The normalized spacial score (nSPS) is 11.2. The summed E-state index contributed by atoms with van der Waals surface area (Å²) in [5.74, 6) is 0. The monoisotopic (exact) mass is 698 g/mol. The van der Waals surface area contributed by atoms with Crippen LogP contribution < -0.4 is 21.3 Å². The number of rotatable bonds is 14. The fraction of sp³-hybridized carbons (Fsp3) is 0.263. The molecule has 0 aliphatic rings. The van der Waals surface area contributed by atoms with Crippen molar-refractivity contribution in [3.05, 3.63) is 119 Å². The summed E-state index contributed by atoms with van der Waals surface area (Å²) in [6.07, 6.45) is -2.70. The minimum atomic E-state index is -1.23. The molecule has 0 aromatic heterocycles. The minimum Gasteiger partial charge on any atom is -0.450 e. The average molecular weight is 699 g/mol. The third-order valence-corrected chi connectivity index (χ3v) is 7.05. The number of nitrogens with one attached hydrogen (secondary N) is 4. The van der Waals surface area contributed by atoms with Crippen molar-refractivity contribution < 1.29 is 43.2 Å². The highest BCUT2D eigenvalue weighted by Crippen LogP contribution is 2.18. The van der Waals surface area contributed by atoms with Gasteiger partial charge < -0.3 is 24.1 Å². The largest absolute Gasteiger partial charge is 0.450 e. The molecule has 1 unspecified atom stereocenters. The Kier molecular flexibility index (Phi) is 14.2. The number of ether oxygens (including phenoxy) is 4. The van der Waals surface area contributed by atoms with Crippen LogP contribution in [0.1, 0.15) is 43.0 Å². The van der Waals surface area contributed by atoms with Crippen LogP contribution in [-0.2, 0) is 31.8 Å². The minimum absolute atomic E-state index is 0.207. The lowest BCUT2D eigenvalue weighted by molar-refractivity contribution is 0.0292. The first-order valence-electron chi connectivity index (χ1n) is 16.4. The molecule has 13 heteroatoms. The molecule has 4 aromatic rings. The Balaban J connectivity index is 1.11. The average Bonchev–Trinajstić information content (AvgIpc) is 3.09. The Morgan fingerprint density at radius 3 is 1.10 bits per heavy atom. The highest BCUT2D eigenvalue weighted by atomic mass is 16.6. The van der Waals surface area contributed by atoms with Crippen molar-refractivity contribution in [2.75, 3.05) is 41.1 Å². The number of hydrogen-bond donors (Lipinski definition) is 5. The van der Waals surface area contributed by atoms with E-state index in [-0.39, 0.29) is 19.3 Å². The van der Waals surface area contributed by atoms with Crippen LogP contribution in [-0.4, -0.2) is 61.5 Å². The number of carbonyl (C=O) groups is 4. The fourth-order valence-corrected chi connectivity index (χ4v) is 4.64. The second kappa shape index (κ2) is 19.2. The van der Waals surface area contributed by atoms with Crippen molar-refractivity contribution in [3.63, 3.8) is 0 Å². The van der Waals surface area contributed by atoms with Gasteiger partial charge in [0.2, 0.25) is 0 Å². The van der Waals surface area contributed by atoms with Crippen molar-refractivity contribution in [1.29, 1.82) is 0 Å². The van der Waals surface area contributed by atoms with E-state index in [0.717, 1.165) is 22.3 Å². The van der Waals surface area contributed by atoms with Crippen molar-refractivity contribution in [3.8, 4) is 0 Å². The van der Waals surface area contributed by atoms with Gasteiger partial charge in [0.1, 0.15) is 19.3 Å². The van der Waals surface area contributed by atoms with E-state index >= 15 is 0 Å². The molecule has 5 N–H and O–H groups in total. The van der Waals surface area contributed by atoms with Gasteiger partial charge in [0.15, 0.2) is 0 Å². The standard InChI is InChI=1S/C38H42N4O9/c1-4-48-35(44)39-30-13-5-26(6-14-30)21-27-7-15-31(16-8-27)40-36(45)49-23-34(43)24-50-37(46)41-32-17-9-28(10-18-32)22-29-11-19-33(20-12-29)42-38(47)51-25(2)3/h5-20,25,34,43H,4,21-24H2,1-3H3,(H,39,44)(H,40,45)(H,41,46)(H,42,47).